The van der Waals surface area contributed by atoms with E-state index in [1.807, 2.05) is 0 Å². The lowest BCUT2D eigenvalue weighted by Crippen LogP contribution is -2.59. The van der Waals surface area contributed by atoms with E-state index in [0.29, 0.717) is 36.5 Å². The first kappa shape index (κ1) is 25.4. The van der Waals surface area contributed by atoms with Crippen molar-refractivity contribution < 1.29 is 27.6 Å². The summed E-state index contributed by atoms with van der Waals surface area (Å²) in [5.74, 6) is 1.30. The van der Waals surface area contributed by atoms with Gasteiger partial charge in [0.15, 0.2) is 0 Å². The van der Waals surface area contributed by atoms with Crippen LogP contribution in [-0.4, -0.2) is 43.9 Å². The van der Waals surface area contributed by atoms with Crippen LogP contribution in [0.4, 0.5) is 0 Å². The zero-order valence-corrected chi connectivity index (χ0v) is 21.4. The Kier molecular flexibility index (Phi) is 6.98. The van der Waals surface area contributed by atoms with Crippen molar-refractivity contribution in [2.45, 2.75) is 97.2 Å². The Hall–Kier alpha value is -0.700. The van der Waals surface area contributed by atoms with Crippen molar-refractivity contribution in [1.82, 2.24) is 4.72 Å². The first-order valence-electron chi connectivity index (χ1n) is 12.9. The molecule has 0 saturated heterocycles. The molecular weight excluding hydrogens is 442 g/mol. The van der Waals surface area contributed by atoms with Gasteiger partial charge in [-0.1, -0.05) is 20.8 Å². The fourth-order valence-corrected chi connectivity index (χ4v) is 9.64. The average molecular weight is 486 g/mol. The summed E-state index contributed by atoms with van der Waals surface area (Å²) < 4.78 is 33.2. The maximum atomic E-state index is 12.5. The number of fused-ring (bicyclic) bond motifs is 5. The number of nitrogens with one attached hydrogen (secondary N) is 1. The summed E-state index contributed by atoms with van der Waals surface area (Å²) in [6.07, 6.45) is 7.77. The standard InChI is InChI=1S/C25H43NO6S/c1-15(5-8-22(28)29)18-6-7-19-23-20(10-12-25(18,19)3)24(2)11-9-17(27)13-16(24)14-21(23)32-33(30,31)26-4/h15-21,23,26-27H,5-14H2,1-4H3,(H,28,29)/t15-,16+,17-,18-,19+,20+,21?,23+,24+,25-/m1/s1. The number of carbonyl (C=O) groups is 1. The van der Waals surface area contributed by atoms with Gasteiger partial charge < -0.3 is 10.2 Å². The van der Waals surface area contributed by atoms with Crippen LogP contribution in [-0.2, 0) is 19.3 Å². The van der Waals surface area contributed by atoms with Gasteiger partial charge in [-0.05, 0) is 104 Å². The molecule has 4 aliphatic carbocycles. The van der Waals surface area contributed by atoms with Crippen molar-refractivity contribution in [2.75, 3.05) is 7.05 Å². The summed E-state index contributed by atoms with van der Waals surface area (Å²) in [7, 11) is -2.42. The highest BCUT2D eigenvalue weighted by Crippen LogP contribution is 2.68. The minimum Gasteiger partial charge on any atom is -0.481 e. The molecule has 1 unspecified atom stereocenters. The van der Waals surface area contributed by atoms with Crippen molar-refractivity contribution in [1.29, 1.82) is 0 Å². The molecule has 4 aliphatic rings. The van der Waals surface area contributed by atoms with Crippen molar-refractivity contribution in [3.8, 4) is 0 Å². The van der Waals surface area contributed by atoms with E-state index in [4.69, 9.17) is 4.18 Å². The molecule has 0 spiro atoms. The molecule has 0 radical (unpaired) electrons. The highest BCUT2D eigenvalue weighted by Gasteiger charge is 2.63. The maximum absolute atomic E-state index is 12.5. The van der Waals surface area contributed by atoms with Crippen LogP contribution in [0.15, 0.2) is 0 Å². The Morgan fingerprint density at radius 1 is 1.09 bits per heavy atom. The van der Waals surface area contributed by atoms with Crippen molar-refractivity contribution in [3.05, 3.63) is 0 Å². The molecule has 4 saturated carbocycles. The molecule has 0 heterocycles. The summed E-state index contributed by atoms with van der Waals surface area (Å²) in [5.41, 5.74) is 0.197. The second kappa shape index (κ2) is 9.07. The van der Waals surface area contributed by atoms with Crippen LogP contribution in [0.5, 0.6) is 0 Å². The number of aliphatic hydroxyl groups is 1. The van der Waals surface area contributed by atoms with Crippen LogP contribution in [0.1, 0.15) is 85.0 Å². The first-order chi connectivity index (χ1) is 15.4. The topological polar surface area (TPSA) is 113 Å². The van der Waals surface area contributed by atoms with Gasteiger partial charge in [-0.25, -0.2) is 0 Å². The largest absolute Gasteiger partial charge is 0.481 e. The number of hydrogen-bond acceptors (Lipinski definition) is 5. The van der Waals surface area contributed by atoms with Gasteiger partial charge in [0, 0.05) is 13.5 Å². The van der Waals surface area contributed by atoms with E-state index in [-0.39, 0.29) is 41.3 Å². The Morgan fingerprint density at radius 3 is 2.42 bits per heavy atom. The van der Waals surface area contributed by atoms with Gasteiger partial charge in [-0.2, -0.15) is 13.1 Å². The number of carboxylic acid groups (broad SMARTS) is 1. The number of aliphatic hydroxyl groups excluding tert-OH is 1. The van der Waals surface area contributed by atoms with Crippen LogP contribution >= 0.6 is 0 Å². The monoisotopic (exact) mass is 485 g/mol. The van der Waals surface area contributed by atoms with Crippen LogP contribution in [0, 0.1) is 46.3 Å². The molecule has 0 aromatic rings. The summed E-state index contributed by atoms with van der Waals surface area (Å²) >= 11 is 0. The second-order valence-electron chi connectivity index (χ2n) is 12.1. The lowest BCUT2D eigenvalue weighted by molar-refractivity contribution is -0.167. The maximum Gasteiger partial charge on any atom is 0.335 e. The van der Waals surface area contributed by atoms with Crippen molar-refractivity contribution >= 4 is 16.3 Å². The Bertz CT molecular complexity index is 848. The highest BCUT2D eigenvalue weighted by atomic mass is 32.2. The van der Waals surface area contributed by atoms with E-state index in [1.165, 1.54) is 7.05 Å². The van der Waals surface area contributed by atoms with E-state index in [9.17, 15) is 23.4 Å². The molecule has 10 atom stereocenters. The third-order valence-corrected chi connectivity index (χ3v) is 11.7. The van der Waals surface area contributed by atoms with Crippen LogP contribution in [0.2, 0.25) is 0 Å². The van der Waals surface area contributed by atoms with Crippen LogP contribution in [0.3, 0.4) is 0 Å². The number of aliphatic carboxylic acids is 1. The summed E-state index contributed by atoms with van der Waals surface area (Å²) in [6.45, 7) is 6.97. The fourth-order valence-electron chi connectivity index (χ4n) is 9.01. The molecule has 190 valence electrons. The highest BCUT2D eigenvalue weighted by molar-refractivity contribution is 7.84. The quantitative estimate of drug-likeness (QED) is 0.503. The number of rotatable bonds is 7. The summed E-state index contributed by atoms with van der Waals surface area (Å²) in [4.78, 5) is 11.2. The van der Waals surface area contributed by atoms with E-state index < -0.39 is 16.3 Å². The third kappa shape index (κ3) is 4.50. The smallest absolute Gasteiger partial charge is 0.335 e. The van der Waals surface area contributed by atoms with E-state index in [2.05, 4.69) is 25.5 Å². The molecule has 7 nitrogen and oxygen atoms in total. The summed E-state index contributed by atoms with van der Waals surface area (Å²) in [5, 5.41) is 19.6. The first-order valence-corrected chi connectivity index (χ1v) is 14.3. The van der Waals surface area contributed by atoms with Crippen LogP contribution in [0.25, 0.3) is 0 Å². The van der Waals surface area contributed by atoms with E-state index >= 15 is 0 Å². The Labute approximate surface area is 199 Å². The molecule has 0 aromatic carbocycles. The van der Waals surface area contributed by atoms with Gasteiger partial charge in [0.05, 0.1) is 12.2 Å². The van der Waals surface area contributed by atoms with Gasteiger partial charge in [0.25, 0.3) is 0 Å². The van der Waals surface area contributed by atoms with Crippen LogP contribution < -0.4 is 4.72 Å². The lowest BCUT2D eigenvalue weighted by Gasteiger charge is -2.62. The third-order valence-electron chi connectivity index (χ3n) is 10.7. The molecule has 0 aromatic heterocycles. The number of hydrogen-bond donors (Lipinski definition) is 3. The lowest BCUT2D eigenvalue weighted by atomic mass is 9.43. The zero-order chi connectivity index (χ0) is 24.2. The molecule has 3 N–H and O–H groups in total. The summed E-state index contributed by atoms with van der Waals surface area (Å²) in [6, 6.07) is 0. The predicted molar refractivity (Wildman–Crippen MR) is 125 cm³/mol. The van der Waals surface area contributed by atoms with Gasteiger partial charge >= 0.3 is 16.3 Å². The molecule has 4 fully saturated rings. The normalized spacial score (nSPS) is 46.2. The predicted octanol–water partition coefficient (Wildman–Crippen LogP) is 3.97. The van der Waals surface area contributed by atoms with Crippen molar-refractivity contribution in [3.63, 3.8) is 0 Å². The van der Waals surface area contributed by atoms with Gasteiger partial charge in [-0.15, -0.1) is 0 Å². The molecule has 8 heteroatoms. The Balaban J connectivity index is 1.65. The van der Waals surface area contributed by atoms with E-state index in [1.54, 1.807) is 0 Å². The average Bonchev–Trinajstić information content (AvgIpc) is 3.10. The van der Waals surface area contributed by atoms with Gasteiger partial charge in [0.2, 0.25) is 0 Å². The Morgan fingerprint density at radius 2 is 1.76 bits per heavy atom. The molecule has 4 rings (SSSR count). The molecule has 0 bridgehead atoms. The number of carboxylic acids is 1. The minimum atomic E-state index is -3.82. The molecule has 33 heavy (non-hydrogen) atoms. The zero-order valence-electron chi connectivity index (χ0n) is 20.6. The van der Waals surface area contributed by atoms with Gasteiger partial charge in [0.1, 0.15) is 0 Å². The fraction of sp³-hybridized carbons (Fsp3) is 0.960. The van der Waals surface area contributed by atoms with Crippen molar-refractivity contribution in [2.24, 2.45) is 46.3 Å². The second-order valence-corrected chi connectivity index (χ2v) is 13.6. The molecule has 0 amide bonds. The molecular formula is C25H43NO6S. The van der Waals surface area contributed by atoms with Gasteiger partial charge in [-0.3, -0.25) is 8.98 Å². The minimum absolute atomic E-state index is 0.0848. The SMILES string of the molecule is CNS(=O)(=O)OC1C[C@@H]2C[C@H](O)CC[C@]2(C)[C@H]2CC[C@]3(C)[C@@H]([C@H](C)CCC(=O)O)CC[C@H]3[C@H]12. The molecule has 0 aliphatic heterocycles. The van der Waals surface area contributed by atoms with E-state index in [0.717, 1.165) is 44.9 Å².